The molecule has 0 aromatic heterocycles. The van der Waals surface area contributed by atoms with E-state index in [9.17, 15) is 4.21 Å². The molecule has 0 saturated carbocycles. The normalized spacial score (nSPS) is 28.6. The van der Waals surface area contributed by atoms with E-state index in [1.54, 1.807) is 11.5 Å². The molecule has 0 aromatic rings. The van der Waals surface area contributed by atoms with Gasteiger partial charge in [-0.15, -0.1) is 0 Å². The van der Waals surface area contributed by atoms with Gasteiger partial charge < -0.3 is 4.74 Å². The Morgan fingerprint density at radius 2 is 2.40 bits per heavy atom. The van der Waals surface area contributed by atoms with E-state index in [0.29, 0.717) is 6.61 Å². The first-order chi connectivity index (χ1) is 4.88. The maximum atomic E-state index is 11.0. The van der Waals surface area contributed by atoms with E-state index < -0.39 is 10.8 Å². The number of allylic oxidation sites excluding steroid dienone is 2. The van der Waals surface area contributed by atoms with Crippen molar-refractivity contribution >= 4 is 10.8 Å². The Bertz CT molecular complexity index is 273. The SMILES string of the molecule is O=S1C=CC2=C1C=CCO2. The molecule has 0 bridgehead atoms. The van der Waals surface area contributed by atoms with Crippen LogP contribution in [0.15, 0.2) is 34.3 Å². The molecule has 0 radical (unpaired) electrons. The molecule has 2 rings (SSSR count). The lowest BCUT2D eigenvalue weighted by Gasteiger charge is -2.07. The van der Waals surface area contributed by atoms with Crippen LogP contribution in [0.2, 0.25) is 0 Å². The minimum absolute atomic E-state index is 0.598. The quantitative estimate of drug-likeness (QED) is 0.521. The minimum Gasteiger partial charge on any atom is -0.488 e. The van der Waals surface area contributed by atoms with E-state index in [4.69, 9.17) is 4.74 Å². The van der Waals surface area contributed by atoms with E-state index in [1.165, 1.54) is 0 Å². The van der Waals surface area contributed by atoms with Crippen molar-refractivity contribution in [3.05, 3.63) is 34.3 Å². The predicted molar refractivity (Wildman–Crippen MR) is 39.4 cm³/mol. The lowest BCUT2D eigenvalue weighted by molar-refractivity contribution is 0.257. The number of hydrogen-bond acceptors (Lipinski definition) is 2. The van der Waals surface area contributed by atoms with Gasteiger partial charge in [0, 0.05) is 5.41 Å². The molecular weight excluding hydrogens is 148 g/mol. The van der Waals surface area contributed by atoms with Gasteiger partial charge in [-0.25, -0.2) is 4.21 Å². The van der Waals surface area contributed by atoms with E-state index in [0.717, 1.165) is 10.7 Å². The van der Waals surface area contributed by atoms with Crippen molar-refractivity contribution in [1.29, 1.82) is 0 Å². The zero-order valence-electron chi connectivity index (χ0n) is 5.24. The zero-order valence-corrected chi connectivity index (χ0v) is 6.06. The summed E-state index contributed by atoms with van der Waals surface area (Å²) in [5.74, 6) is 0.765. The standard InChI is InChI=1S/C7H6O2S/c8-10-5-3-6-7(10)2-1-4-9-6/h1-3,5H,4H2. The van der Waals surface area contributed by atoms with Gasteiger partial charge in [0.25, 0.3) is 0 Å². The van der Waals surface area contributed by atoms with Gasteiger partial charge in [0.1, 0.15) is 12.4 Å². The number of rotatable bonds is 0. The van der Waals surface area contributed by atoms with Crippen LogP contribution in [0.3, 0.4) is 0 Å². The van der Waals surface area contributed by atoms with Crippen molar-refractivity contribution in [2.45, 2.75) is 0 Å². The topological polar surface area (TPSA) is 26.3 Å². The lowest BCUT2D eigenvalue weighted by atomic mass is 10.3. The second kappa shape index (κ2) is 2.09. The molecule has 10 heavy (non-hydrogen) atoms. The van der Waals surface area contributed by atoms with Gasteiger partial charge in [-0.05, 0) is 18.2 Å². The first kappa shape index (κ1) is 5.92. The molecular formula is C7H6O2S. The smallest absolute Gasteiger partial charge is 0.136 e. The highest BCUT2D eigenvalue weighted by molar-refractivity contribution is 7.92. The van der Waals surface area contributed by atoms with Crippen LogP contribution in [-0.2, 0) is 15.5 Å². The molecule has 1 unspecified atom stereocenters. The highest BCUT2D eigenvalue weighted by Gasteiger charge is 2.16. The molecule has 0 amide bonds. The van der Waals surface area contributed by atoms with Crippen LogP contribution in [0.25, 0.3) is 0 Å². The molecule has 0 spiro atoms. The fraction of sp³-hybridized carbons (Fsp3) is 0.143. The lowest BCUT2D eigenvalue weighted by Crippen LogP contribution is -1.98. The molecule has 0 N–H and O–H groups in total. The molecule has 2 aliphatic rings. The summed E-state index contributed by atoms with van der Waals surface area (Å²) in [7, 11) is -0.952. The van der Waals surface area contributed by atoms with Crippen LogP contribution in [-0.4, -0.2) is 10.8 Å². The van der Waals surface area contributed by atoms with Gasteiger partial charge in [-0.1, -0.05) is 0 Å². The summed E-state index contributed by atoms with van der Waals surface area (Å²) in [6.45, 7) is 0.598. The van der Waals surface area contributed by atoms with E-state index in [-0.39, 0.29) is 0 Å². The second-order valence-corrected chi connectivity index (χ2v) is 3.35. The van der Waals surface area contributed by atoms with Crippen molar-refractivity contribution in [1.82, 2.24) is 0 Å². The minimum atomic E-state index is -0.952. The molecule has 2 aliphatic heterocycles. The Balaban J connectivity index is 2.46. The van der Waals surface area contributed by atoms with Gasteiger partial charge in [0.2, 0.25) is 0 Å². The fourth-order valence-electron chi connectivity index (χ4n) is 0.940. The molecule has 0 aliphatic carbocycles. The van der Waals surface area contributed by atoms with Crippen molar-refractivity contribution in [2.24, 2.45) is 0 Å². The Kier molecular flexibility index (Phi) is 1.24. The first-order valence-corrected chi connectivity index (χ1v) is 4.21. The number of ether oxygens (including phenoxy) is 1. The van der Waals surface area contributed by atoms with Gasteiger partial charge in [0.15, 0.2) is 0 Å². The summed E-state index contributed by atoms with van der Waals surface area (Å²) in [5, 5.41) is 1.64. The molecule has 52 valence electrons. The third-order valence-corrected chi connectivity index (χ3v) is 2.56. The molecule has 1 atom stereocenters. The second-order valence-electron chi connectivity index (χ2n) is 2.04. The van der Waals surface area contributed by atoms with Crippen molar-refractivity contribution in [3.63, 3.8) is 0 Å². The fourth-order valence-corrected chi connectivity index (χ4v) is 1.89. The van der Waals surface area contributed by atoms with Gasteiger partial charge in [0.05, 0.1) is 15.7 Å². The Morgan fingerprint density at radius 3 is 3.20 bits per heavy atom. The number of hydrogen-bond donors (Lipinski definition) is 0. The maximum Gasteiger partial charge on any atom is 0.136 e. The summed E-state index contributed by atoms with van der Waals surface area (Å²) in [4.78, 5) is 0.797. The van der Waals surface area contributed by atoms with Crippen molar-refractivity contribution in [3.8, 4) is 0 Å². The van der Waals surface area contributed by atoms with E-state index in [2.05, 4.69) is 0 Å². The van der Waals surface area contributed by atoms with Crippen LogP contribution in [0, 0.1) is 0 Å². The monoisotopic (exact) mass is 154 g/mol. The van der Waals surface area contributed by atoms with Gasteiger partial charge in [-0.2, -0.15) is 0 Å². The molecule has 2 nitrogen and oxygen atoms in total. The first-order valence-electron chi connectivity index (χ1n) is 3.00. The summed E-state index contributed by atoms with van der Waals surface area (Å²) >= 11 is 0. The zero-order chi connectivity index (χ0) is 6.97. The molecule has 0 fully saturated rings. The van der Waals surface area contributed by atoms with Crippen LogP contribution >= 0.6 is 0 Å². The Labute approximate surface area is 61.3 Å². The maximum absolute atomic E-state index is 11.0. The Hall–Kier alpha value is -0.830. The van der Waals surface area contributed by atoms with Crippen molar-refractivity contribution in [2.75, 3.05) is 6.61 Å². The van der Waals surface area contributed by atoms with E-state index in [1.807, 2.05) is 12.2 Å². The van der Waals surface area contributed by atoms with Gasteiger partial charge >= 0.3 is 0 Å². The van der Waals surface area contributed by atoms with Gasteiger partial charge in [-0.3, -0.25) is 0 Å². The Morgan fingerprint density at radius 1 is 1.50 bits per heavy atom. The van der Waals surface area contributed by atoms with Crippen molar-refractivity contribution < 1.29 is 8.95 Å². The summed E-state index contributed by atoms with van der Waals surface area (Å²) in [6, 6.07) is 0. The predicted octanol–water partition coefficient (Wildman–Crippen LogP) is 1.06. The molecule has 0 saturated heterocycles. The van der Waals surface area contributed by atoms with Crippen LogP contribution in [0.4, 0.5) is 0 Å². The van der Waals surface area contributed by atoms with Crippen LogP contribution < -0.4 is 0 Å². The average molecular weight is 154 g/mol. The highest BCUT2D eigenvalue weighted by atomic mass is 32.2. The largest absolute Gasteiger partial charge is 0.488 e. The molecule has 3 heteroatoms. The highest BCUT2D eigenvalue weighted by Crippen LogP contribution is 2.24. The third kappa shape index (κ3) is 0.743. The van der Waals surface area contributed by atoms with E-state index >= 15 is 0 Å². The molecule has 2 heterocycles. The average Bonchev–Trinajstić information content (AvgIpc) is 2.34. The summed E-state index contributed by atoms with van der Waals surface area (Å²) < 4.78 is 16.2. The summed E-state index contributed by atoms with van der Waals surface area (Å²) in [5.41, 5.74) is 0. The molecule has 0 aromatic carbocycles. The third-order valence-electron chi connectivity index (χ3n) is 1.41. The van der Waals surface area contributed by atoms with Crippen LogP contribution in [0.1, 0.15) is 0 Å². The summed E-state index contributed by atoms with van der Waals surface area (Å²) in [6.07, 6.45) is 5.48. The van der Waals surface area contributed by atoms with Crippen LogP contribution in [0.5, 0.6) is 0 Å².